The van der Waals surface area contributed by atoms with E-state index in [-0.39, 0.29) is 5.56 Å². The van der Waals surface area contributed by atoms with Crippen molar-refractivity contribution in [1.29, 1.82) is 0 Å². The molecule has 0 bridgehead atoms. The number of carbonyl (C=O) groups excluding carboxylic acids is 1. The first-order valence-electron chi connectivity index (χ1n) is 3.74. The van der Waals surface area contributed by atoms with Crippen LogP contribution in [0.2, 0.25) is 0 Å². The van der Waals surface area contributed by atoms with Crippen LogP contribution in [-0.2, 0) is 0 Å². The summed E-state index contributed by atoms with van der Waals surface area (Å²) in [6.45, 7) is 0. The average molecular weight is 195 g/mol. The highest BCUT2D eigenvalue weighted by atomic mass is 16.4. The molecule has 0 saturated carbocycles. The van der Waals surface area contributed by atoms with Crippen molar-refractivity contribution in [1.82, 2.24) is 5.43 Å². The number of benzene rings is 1. The zero-order valence-corrected chi connectivity index (χ0v) is 7.15. The number of hydrogen-bond acceptors (Lipinski definition) is 3. The molecule has 0 heterocycles. The summed E-state index contributed by atoms with van der Waals surface area (Å²) in [5.74, 6) is -1.03. The van der Waals surface area contributed by atoms with Gasteiger partial charge in [-0.2, -0.15) is 0 Å². The maximum atomic E-state index is 10.6. The Morgan fingerprint density at radius 3 is 2.64 bits per heavy atom. The van der Waals surface area contributed by atoms with Crippen LogP contribution in [0.25, 0.3) is 0 Å². The van der Waals surface area contributed by atoms with Crippen LogP contribution in [0, 0.1) is 0 Å². The first kappa shape index (κ1) is 9.85. The summed E-state index contributed by atoms with van der Waals surface area (Å²) < 4.78 is 0. The molecule has 6 nitrogen and oxygen atoms in total. The van der Waals surface area contributed by atoms with Crippen molar-refractivity contribution in [3.05, 3.63) is 29.8 Å². The van der Waals surface area contributed by atoms with Gasteiger partial charge in [-0.3, -0.25) is 10.9 Å². The Balaban J connectivity index is 2.73. The van der Waals surface area contributed by atoms with Gasteiger partial charge in [-0.05, 0) is 18.2 Å². The first-order valence-corrected chi connectivity index (χ1v) is 3.74. The molecule has 1 aromatic rings. The Labute approximate surface area is 79.7 Å². The van der Waals surface area contributed by atoms with Crippen LogP contribution in [0.1, 0.15) is 10.4 Å². The number of nitrogens with one attached hydrogen (secondary N) is 2. The Morgan fingerprint density at radius 1 is 1.36 bits per heavy atom. The van der Waals surface area contributed by atoms with Gasteiger partial charge in [0.05, 0.1) is 11.3 Å². The van der Waals surface area contributed by atoms with Crippen LogP contribution in [0.15, 0.2) is 24.3 Å². The molecule has 0 aromatic heterocycles. The monoisotopic (exact) mass is 195 g/mol. The topological polar surface area (TPSA) is 104 Å². The molecule has 74 valence electrons. The number of rotatable bonds is 3. The molecule has 0 spiro atoms. The summed E-state index contributed by atoms with van der Waals surface area (Å²) in [5.41, 5.74) is 9.96. The number of aromatic carboxylic acids is 1. The smallest absolute Gasteiger partial charge is 0.335 e. The minimum atomic E-state index is -1.03. The lowest BCUT2D eigenvalue weighted by molar-refractivity contribution is 0.0697. The van der Waals surface area contributed by atoms with E-state index in [0.717, 1.165) is 0 Å². The van der Waals surface area contributed by atoms with Gasteiger partial charge in [0, 0.05) is 0 Å². The van der Waals surface area contributed by atoms with Crippen molar-refractivity contribution in [2.75, 3.05) is 5.43 Å². The van der Waals surface area contributed by atoms with Crippen LogP contribution in [0.4, 0.5) is 10.5 Å². The molecule has 0 fully saturated rings. The molecule has 6 heteroatoms. The van der Waals surface area contributed by atoms with Crippen molar-refractivity contribution in [3.63, 3.8) is 0 Å². The molecule has 5 N–H and O–H groups in total. The molecule has 0 radical (unpaired) electrons. The lowest BCUT2D eigenvalue weighted by Gasteiger charge is -2.05. The second-order valence-corrected chi connectivity index (χ2v) is 2.50. The van der Waals surface area contributed by atoms with Crippen LogP contribution in [0.5, 0.6) is 0 Å². The van der Waals surface area contributed by atoms with Crippen molar-refractivity contribution < 1.29 is 14.7 Å². The maximum Gasteiger partial charge on any atom is 0.335 e. The van der Waals surface area contributed by atoms with Crippen molar-refractivity contribution in [2.45, 2.75) is 0 Å². The van der Waals surface area contributed by atoms with Crippen LogP contribution in [-0.4, -0.2) is 17.1 Å². The van der Waals surface area contributed by atoms with Crippen molar-refractivity contribution >= 4 is 17.7 Å². The van der Waals surface area contributed by atoms with Gasteiger partial charge in [-0.25, -0.2) is 9.59 Å². The second-order valence-electron chi connectivity index (χ2n) is 2.50. The Hall–Kier alpha value is -2.24. The van der Waals surface area contributed by atoms with Gasteiger partial charge in [0.1, 0.15) is 0 Å². The summed E-state index contributed by atoms with van der Waals surface area (Å²) in [6, 6.07) is 5.22. The van der Waals surface area contributed by atoms with Gasteiger partial charge in [0.15, 0.2) is 0 Å². The van der Waals surface area contributed by atoms with E-state index in [2.05, 4.69) is 10.9 Å². The summed E-state index contributed by atoms with van der Waals surface area (Å²) in [7, 11) is 0. The number of carbonyl (C=O) groups is 2. The van der Waals surface area contributed by atoms with E-state index in [1.807, 2.05) is 0 Å². The Bertz CT molecular complexity index is 365. The van der Waals surface area contributed by atoms with Gasteiger partial charge in [0.25, 0.3) is 0 Å². The number of hydrazine groups is 1. The summed E-state index contributed by atoms with van der Waals surface area (Å²) >= 11 is 0. The molecule has 0 atom stereocenters. The number of primary amides is 1. The van der Waals surface area contributed by atoms with Gasteiger partial charge >= 0.3 is 12.0 Å². The van der Waals surface area contributed by atoms with Gasteiger partial charge in [-0.15, -0.1) is 0 Å². The highest BCUT2D eigenvalue weighted by Gasteiger charge is 2.02. The van der Waals surface area contributed by atoms with Gasteiger partial charge < -0.3 is 10.8 Å². The molecule has 0 unspecified atom stereocenters. The van der Waals surface area contributed by atoms with Gasteiger partial charge in [-0.1, -0.05) is 6.07 Å². The minimum Gasteiger partial charge on any atom is -0.478 e. The quantitative estimate of drug-likeness (QED) is 0.523. The fourth-order valence-electron chi connectivity index (χ4n) is 0.864. The molecule has 0 aliphatic rings. The maximum absolute atomic E-state index is 10.6. The number of hydrogen-bond donors (Lipinski definition) is 4. The van der Waals surface area contributed by atoms with E-state index >= 15 is 0 Å². The highest BCUT2D eigenvalue weighted by molar-refractivity contribution is 5.88. The number of urea groups is 1. The van der Waals surface area contributed by atoms with E-state index in [1.165, 1.54) is 12.1 Å². The van der Waals surface area contributed by atoms with Crippen LogP contribution < -0.4 is 16.6 Å². The van der Waals surface area contributed by atoms with Crippen molar-refractivity contribution in [3.8, 4) is 0 Å². The molecule has 1 rings (SSSR count). The Morgan fingerprint density at radius 2 is 2.07 bits per heavy atom. The molecule has 1 aromatic carbocycles. The highest BCUT2D eigenvalue weighted by Crippen LogP contribution is 2.08. The standard InChI is InChI=1S/C8H9N3O3/c9-8(14)11-10-6-3-1-2-5(4-6)7(12)13/h1-4,10H,(H,12,13)(H3,9,11,14). The number of carboxylic acid groups (broad SMARTS) is 1. The minimum absolute atomic E-state index is 0.126. The SMILES string of the molecule is NC(=O)NNc1cccc(C(=O)O)c1. The first-order chi connectivity index (χ1) is 6.59. The van der Waals surface area contributed by atoms with E-state index in [9.17, 15) is 9.59 Å². The zero-order chi connectivity index (χ0) is 10.6. The van der Waals surface area contributed by atoms with Gasteiger partial charge in [0.2, 0.25) is 0 Å². The lowest BCUT2D eigenvalue weighted by atomic mass is 10.2. The molecular weight excluding hydrogens is 186 g/mol. The molecule has 0 aliphatic carbocycles. The number of carboxylic acids is 1. The van der Waals surface area contributed by atoms with E-state index in [0.29, 0.717) is 5.69 Å². The molecular formula is C8H9N3O3. The number of anilines is 1. The predicted octanol–water partition coefficient (Wildman–Crippen LogP) is 0.380. The lowest BCUT2D eigenvalue weighted by Crippen LogP contribution is -2.34. The fourth-order valence-corrected chi connectivity index (χ4v) is 0.864. The second kappa shape index (κ2) is 4.13. The Kier molecular flexibility index (Phi) is 2.90. The number of nitrogens with two attached hydrogens (primary N) is 1. The summed E-state index contributed by atoms with van der Waals surface area (Å²) in [6.07, 6.45) is 0. The zero-order valence-electron chi connectivity index (χ0n) is 7.15. The average Bonchev–Trinajstić information content (AvgIpc) is 2.15. The summed E-state index contributed by atoms with van der Waals surface area (Å²) in [5, 5.41) is 8.65. The van der Waals surface area contributed by atoms with E-state index in [4.69, 9.17) is 10.8 Å². The molecule has 0 aliphatic heterocycles. The van der Waals surface area contributed by atoms with E-state index in [1.54, 1.807) is 12.1 Å². The van der Waals surface area contributed by atoms with Crippen LogP contribution >= 0.6 is 0 Å². The molecule has 2 amide bonds. The van der Waals surface area contributed by atoms with E-state index < -0.39 is 12.0 Å². The fraction of sp³-hybridized carbons (Fsp3) is 0. The normalized spacial score (nSPS) is 9.14. The van der Waals surface area contributed by atoms with Crippen LogP contribution in [0.3, 0.4) is 0 Å². The third kappa shape index (κ3) is 2.67. The largest absolute Gasteiger partial charge is 0.478 e. The third-order valence-corrected chi connectivity index (χ3v) is 1.44. The third-order valence-electron chi connectivity index (χ3n) is 1.44. The summed E-state index contributed by atoms with van der Waals surface area (Å²) in [4.78, 5) is 20.9. The molecule has 14 heavy (non-hydrogen) atoms. The number of amides is 2. The van der Waals surface area contributed by atoms with Crippen molar-refractivity contribution in [2.24, 2.45) is 5.73 Å². The predicted molar refractivity (Wildman–Crippen MR) is 49.7 cm³/mol. The molecule has 0 saturated heterocycles.